The van der Waals surface area contributed by atoms with E-state index in [2.05, 4.69) is 0 Å². The molecule has 0 spiro atoms. The smallest absolute Gasteiger partial charge is 0.327 e. The lowest BCUT2D eigenvalue weighted by Gasteiger charge is -2.19. The summed E-state index contributed by atoms with van der Waals surface area (Å²) in [6.07, 6.45) is -2.53. The fourth-order valence-corrected chi connectivity index (χ4v) is 3.29. The van der Waals surface area contributed by atoms with Gasteiger partial charge in [-0.2, -0.15) is 13.2 Å². The molecular formula is C12H12F3N. The third-order valence-electron chi connectivity index (χ3n) is 3.93. The van der Waals surface area contributed by atoms with Crippen LogP contribution < -0.4 is 5.73 Å². The number of nitrogens with two attached hydrogens (primary N) is 1. The first-order valence-corrected chi connectivity index (χ1v) is 5.45. The lowest BCUT2D eigenvalue weighted by Crippen LogP contribution is -2.23. The van der Waals surface area contributed by atoms with Crippen LogP contribution in [0.5, 0.6) is 0 Å². The molecule has 3 rings (SSSR count). The van der Waals surface area contributed by atoms with Crippen molar-refractivity contribution in [3.8, 4) is 0 Å². The molecule has 1 saturated carbocycles. The Labute approximate surface area is 91.4 Å². The molecule has 3 atom stereocenters. The molecule has 2 bridgehead atoms. The Morgan fingerprint density at radius 1 is 1.12 bits per heavy atom. The van der Waals surface area contributed by atoms with Crippen LogP contribution in [0.1, 0.15) is 41.4 Å². The van der Waals surface area contributed by atoms with Gasteiger partial charge in [0.25, 0.3) is 0 Å². The van der Waals surface area contributed by atoms with Crippen LogP contribution in [0.2, 0.25) is 0 Å². The quantitative estimate of drug-likeness (QED) is 0.724. The molecule has 1 fully saturated rings. The molecule has 0 unspecified atom stereocenters. The van der Waals surface area contributed by atoms with Crippen LogP contribution >= 0.6 is 0 Å². The molecule has 1 aromatic carbocycles. The van der Waals surface area contributed by atoms with E-state index >= 15 is 0 Å². The Bertz CT molecular complexity index is 438. The van der Waals surface area contributed by atoms with E-state index in [-0.39, 0.29) is 17.9 Å². The molecule has 0 saturated heterocycles. The molecule has 0 radical (unpaired) electrons. The number of hydrogen-bond donors (Lipinski definition) is 1. The van der Waals surface area contributed by atoms with Crippen LogP contribution in [0.3, 0.4) is 0 Å². The molecule has 16 heavy (non-hydrogen) atoms. The summed E-state index contributed by atoms with van der Waals surface area (Å²) in [4.78, 5) is 0. The number of rotatable bonds is 0. The number of alkyl halides is 3. The van der Waals surface area contributed by atoms with Gasteiger partial charge in [-0.1, -0.05) is 12.1 Å². The fourth-order valence-electron chi connectivity index (χ4n) is 3.29. The predicted octanol–water partition coefficient (Wildman–Crippen LogP) is 3.01. The number of hydrogen-bond acceptors (Lipinski definition) is 1. The molecule has 0 heterocycles. The van der Waals surface area contributed by atoms with Gasteiger partial charge in [0, 0.05) is 12.0 Å². The van der Waals surface area contributed by atoms with Crippen molar-refractivity contribution in [1.82, 2.24) is 0 Å². The summed E-state index contributed by atoms with van der Waals surface area (Å²) in [5.74, 6) is 0.0557. The Morgan fingerprint density at radius 3 is 2.50 bits per heavy atom. The summed E-state index contributed by atoms with van der Waals surface area (Å²) in [6.45, 7) is 0. The van der Waals surface area contributed by atoms with Crippen LogP contribution in [0, 0.1) is 0 Å². The summed E-state index contributed by atoms with van der Waals surface area (Å²) < 4.78 is 38.6. The van der Waals surface area contributed by atoms with Gasteiger partial charge in [0.2, 0.25) is 0 Å². The third-order valence-corrected chi connectivity index (χ3v) is 3.93. The van der Waals surface area contributed by atoms with Crippen LogP contribution in [0.4, 0.5) is 13.2 Å². The Hall–Kier alpha value is -1.03. The first-order chi connectivity index (χ1) is 7.50. The molecule has 1 nitrogen and oxygen atoms in total. The molecule has 0 amide bonds. The maximum atomic E-state index is 12.9. The second kappa shape index (κ2) is 3.00. The fraction of sp³-hybridized carbons (Fsp3) is 0.500. The van der Waals surface area contributed by atoms with Gasteiger partial charge in [0.15, 0.2) is 0 Å². The van der Waals surface area contributed by atoms with Gasteiger partial charge in [-0.3, -0.25) is 0 Å². The summed E-state index contributed by atoms with van der Waals surface area (Å²) in [5.41, 5.74) is 6.80. The predicted molar refractivity (Wildman–Crippen MR) is 54.1 cm³/mol. The van der Waals surface area contributed by atoms with E-state index in [0.717, 1.165) is 18.4 Å². The van der Waals surface area contributed by atoms with Gasteiger partial charge < -0.3 is 5.73 Å². The largest absolute Gasteiger partial charge is 0.416 e. The normalized spacial score (nSPS) is 31.9. The van der Waals surface area contributed by atoms with E-state index < -0.39 is 11.7 Å². The highest BCUT2D eigenvalue weighted by Crippen LogP contribution is 2.55. The van der Waals surface area contributed by atoms with Gasteiger partial charge in [-0.15, -0.1) is 0 Å². The molecule has 4 heteroatoms. The Kier molecular flexibility index (Phi) is 1.90. The van der Waals surface area contributed by atoms with Crippen LogP contribution in [-0.2, 0) is 6.18 Å². The van der Waals surface area contributed by atoms with Crippen LogP contribution in [0.25, 0.3) is 0 Å². The van der Waals surface area contributed by atoms with Crippen molar-refractivity contribution in [3.05, 3.63) is 34.9 Å². The van der Waals surface area contributed by atoms with Crippen molar-refractivity contribution in [3.63, 3.8) is 0 Å². The first-order valence-electron chi connectivity index (χ1n) is 5.45. The van der Waals surface area contributed by atoms with Crippen molar-refractivity contribution in [2.45, 2.75) is 36.9 Å². The SMILES string of the molecule is N[C@@H]1[C@@H]2CC[C@H]1c1cccc(C(F)(F)F)c12. The zero-order valence-electron chi connectivity index (χ0n) is 8.59. The van der Waals surface area contributed by atoms with E-state index in [1.165, 1.54) is 12.1 Å². The van der Waals surface area contributed by atoms with E-state index in [9.17, 15) is 13.2 Å². The number of benzene rings is 1. The molecular weight excluding hydrogens is 215 g/mol. The zero-order chi connectivity index (χ0) is 11.5. The van der Waals surface area contributed by atoms with Crippen molar-refractivity contribution in [2.75, 3.05) is 0 Å². The van der Waals surface area contributed by atoms with E-state index in [1.54, 1.807) is 6.07 Å². The molecule has 2 aliphatic carbocycles. The zero-order valence-corrected chi connectivity index (χ0v) is 8.59. The number of fused-ring (bicyclic) bond motifs is 5. The standard InChI is InChI=1S/C12H12F3N/c13-12(14,15)9-3-1-2-6-7-4-5-8(10(6)9)11(7)16/h1-3,7-8,11H,4-5,16H2/t7-,8+,11-/m0/s1. The molecule has 0 aromatic heterocycles. The molecule has 2 aliphatic rings. The molecule has 2 N–H and O–H groups in total. The highest BCUT2D eigenvalue weighted by Gasteiger charge is 2.48. The molecule has 1 aromatic rings. The summed E-state index contributed by atoms with van der Waals surface area (Å²) in [6, 6.07) is 4.36. The minimum atomic E-state index is -4.25. The summed E-state index contributed by atoms with van der Waals surface area (Å²) >= 11 is 0. The Balaban J connectivity index is 2.20. The van der Waals surface area contributed by atoms with Crippen molar-refractivity contribution < 1.29 is 13.2 Å². The second-order valence-electron chi connectivity index (χ2n) is 4.67. The summed E-state index contributed by atoms with van der Waals surface area (Å²) in [5, 5.41) is 0. The lowest BCUT2D eigenvalue weighted by molar-refractivity contribution is -0.138. The van der Waals surface area contributed by atoms with E-state index in [1.807, 2.05) is 0 Å². The van der Waals surface area contributed by atoms with Gasteiger partial charge >= 0.3 is 6.18 Å². The highest BCUT2D eigenvalue weighted by molar-refractivity contribution is 5.49. The highest BCUT2D eigenvalue weighted by atomic mass is 19.4. The van der Waals surface area contributed by atoms with Crippen LogP contribution in [0.15, 0.2) is 18.2 Å². The maximum Gasteiger partial charge on any atom is 0.416 e. The van der Waals surface area contributed by atoms with Gasteiger partial charge in [0.1, 0.15) is 0 Å². The monoisotopic (exact) mass is 227 g/mol. The first kappa shape index (κ1) is 10.1. The van der Waals surface area contributed by atoms with Crippen molar-refractivity contribution in [2.24, 2.45) is 5.73 Å². The maximum absolute atomic E-state index is 12.9. The van der Waals surface area contributed by atoms with Gasteiger partial charge in [0.05, 0.1) is 5.56 Å². The topological polar surface area (TPSA) is 26.0 Å². The average molecular weight is 227 g/mol. The Morgan fingerprint density at radius 2 is 1.81 bits per heavy atom. The summed E-state index contributed by atoms with van der Waals surface area (Å²) in [7, 11) is 0. The van der Waals surface area contributed by atoms with Crippen molar-refractivity contribution in [1.29, 1.82) is 0 Å². The van der Waals surface area contributed by atoms with E-state index in [0.29, 0.717) is 5.56 Å². The number of halogens is 3. The van der Waals surface area contributed by atoms with E-state index in [4.69, 9.17) is 5.73 Å². The second-order valence-corrected chi connectivity index (χ2v) is 4.67. The van der Waals surface area contributed by atoms with Crippen molar-refractivity contribution >= 4 is 0 Å². The van der Waals surface area contributed by atoms with Gasteiger partial charge in [-0.25, -0.2) is 0 Å². The molecule has 0 aliphatic heterocycles. The average Bonchev–Trinajstić information content (AvgIpc) is 2.71. The lowest BCUT2D eigenvalue weighted by atomic mass is 9.88. The minimum absolute atomic E-state index is 0.0853. The molecule has 86 valence electrons. The van der Waals surface area contributed by atoms with Crippen LogP contribution in [-0.4, -0.2) is 6.04 Å². The van der Waals surface area contributed by atoms with Gasteiger partial charge in [-0.05, 0) is 36.0 Å². The third kappa shape index (κ3) is 1.16. The minimum Gasteiger partial charge on any atom is -0.327 e.